The lowest BCUT2D eigenvalue weighted by Crippen LogP contribution is -2.37. The first-order valence-electron chi connectivity index (χ1n) is 9.07. The van der Waals surface area contributed by atoms with Crippen LogP contribution in [0.4, 0.5) is 0 Å². The third-order valence-corrected chi connectivity index (χ3v) is 4.31. The van der Waals surface area contributed by atoms with E-state index in [2.05, 4.69) is 4.98 Å². The number of carbonyl (C=O) groups is 2. The Hall–Kier alpha value is -2.89. The van der Waals surface area contributed by atoms with Crippen LogP contribution in [0.1, 0.15) is 24.5 Å². The Balaban J connectivity index is 2.00. The van der Waals surface area contributed by atoms with Gasteiger partial charge in [-0.25, -0.2) is 4.98 Å². The molecule has 0 radical (unpaired) electrons. The first-order chi connectivity index (χ1) is 13.0. The van der Waals surface area contributed by atoms with Crippen LogP contribution in [0.15, 0.2) is 49.1 Å². The van der Waals surface area contributed by atoms with Crippen LogP contribution in [0, 0.1) is 12.8 Å². The van der Waals surface area contributed by atoms with Crippen LogP contribution < -0.4 is 0 Å². The number of amides is 1. The molecule has 0 aliphatic heterocycles. The van der Waals surface area contributed by atoms with Gasteiger partial charge in [-0.15, -0.1) is 0 Å². The van der Waals surface area contributed by atoms with Crippen molar-refractivity contribution in [2.24, 2.45) is 5.92 Å². The van der Waals surface area contributed by atoms with Crippen LogP contribution in [0.2, 0.25) is 0 Å². The zero-order valence-corrected chi connectivity index (χ0v) is 16.2. The molecule has 1 atom stereocenters. The summed E-state index contributed by atoms with van der Waals surface area (Å²) >= 11 is 0. The summed E-state index contributed by atoms with van der Waals surface area (Å²) in [6.07, 6.45) is 9.50. The van der Waals surface area contributed by atoms with E-state index in [1.807, 2.05) is 42.0 Å². The predicted octanol–water partition coefficient (Wildman–Crippen LogP) is 2.93. The molecule has 0 bridgehead atoms. The average Bonchev–Trinajstić information content (AvgIpc) is 3.19. The van der Waals surface area contributed by atoms with Gasteiger partial charge < -0.3 is 14.2 Å². The largest absolute Gasteiger partial charge is 0.469 e. The minimum Gasteiger partial charge on any atom is -0.469 e. The fourth-order valence-corrected chi connectivity index (χ4v) is 2.71. The first-order valence-corrected chi connectivity index (χ1v) is 9.07. The van der Waals surface area contributed by atoms with E-state index in [0.29, 0.717) is 13.1 Å². The highest BCUT2D eigenvalue weighted by molar-refractivity contribution is 5.92. The fraction of sp³-hybridized carbons (Fsp3) is 0.381. The molecule has 0 saturated carbocycles. The SMILES string of the molecule is COC(=O)C(C)CN(CCCn1ccnc1)C(=O)/C=C/c1ccc(C)cc1. The molecule has 0 fully saturated rings. The molecule has 2 rings (SSSR count). The van der Waals surface area contributed by atoms with Gasteiger partial charge in [0.1, 0.15) is 0 Å². The highest BCUT2D eigenvalue weighted by atomic mass is 16.5. The van der Waals surface area contributed by atoms with Crippen LogP contribution in [0.3, 0.4) is 0 Å². The van der Waals surface area contributed by atoms with E-state index in [1.54, 1.807) is 36.5 Å². The summed E-state index contributed by atoms with van der Waals surface area (Å²) in [7, 11) is 1.36. The molecule has 0 spiro atoms. The van der Waals surface area contributed by atoms with Crippen LogP contribution in [0.25, 0.3) is 6.08 Å². The monoisotopic (exact) mass is 369 g/mol. The maximum absolute atomic E-state index is 12.7. The van der Waals surface area contributed by atoms with E-state index in [1.165, 1.54) is 12.7 Å². The lowest BCUT2D eigenvalue weighted by Gasteiger charge is -2.24. The number of esters is 1. The summed E-state index contributed by atoms with van der Waals surface area (Å²) in [5, 5.41) is 0. The van der Waals surface area contributed by atoms with Crippen molar-refractivity contribution in [3.8, 4) is 0 Å². The van der Waals surface area contributed by atoms with Gasteiger partial charge in [-0.3, -0.25) is 9.59 Å². The Morgan fingerprint density at radius 3 is 2.67 bits per heavy atom. The summed E-state index contributed by atoms with van der Waals surface area (Å²) in [5.41, 5.74) is 2.14. The Morgan fingerprint density at radius 2 is 2.04 bits per heavy atom. The van der Waals surface area contributed by atoms with Gasteiger partial charge in [0.25, 0.3) is 0 Å². The minimum atomic E-state index is -0.375. The number of aromatic nitrogens is 2. The molecule has 1 amide bonds. The van der Waals surface area contributed by atoms with Crippen molar-refractivity contribution >= 4 is 18.0 Å². The van der Waals surface area contributed by atoms with Gasteiger partial charge in [0.15, 0.2) is 0 Å². The normalized spacial score (nSPS) is 12.1. The van der Waals surface area contributed by atoms with Gasteiger partial charge >= 0.3 is 5.97 Å². The van der Waals surface area contributed by atoms with Crippen LogP contribution in [0.5, 0.6) is 0 Å². The number of methoxy groups -OCH3 is 1. The third-order valence-electron chi connectivity index (χ3n) is 4.31. The lowest BCUT2D eigenvalue weighted by atomic mass is 10.1. The fourth-order valence-electron chi connectivity index (χ4n) is 2.71. The van der Waals surface area contributed by atoms with Gasteiger partial charge in [-0.05, 0) is 25.0 Å². The second-order valence-corrected chi connectivity index (χ2v) is 6.61. The average molecular weight is 369 g/mol. The molecular formula is C21H27N3O3. The van der Waals surface area contributed by atoms with Gasteiger partial charge in [-0.2, -0.15) is 0 Å². The molecule has 144 valence electrons. The number of carbonyl (C=O) groups excluding carboxylic acids is 2. The van der Waals surface area contributed by atoms with E-state index >= 15 is 0 Å². The van der Waals surface area contributed by atoms with Crippen molar-refractivity contribution in [2.75, 3.05) is 20.2 Å². The number of hydrogen-bond donors (Lipinski definition) is 0. The Labute approximate surface area is 160 Å². The molecule has 0 aliphatic rings. The van der Waals surface area contributed by atoms with Crippen molar-refractivity contribution in [1.82, 2.24) is 14.5 Å². The molecule has 6 heteroatoms. The summed E-state index contributed by atoms with van der Waals surface area (Å²) in [6.45, 7) is 5.43. The number of aryl methyl sites for hydroxylation is 2. The summed E-state index contributed by atoms with van der Waals surface area (Å²) in [6, 6.07) is 7.96. The molecule has 6 nitrogen and oxygen atoms in total. The third kappa shape index (κ3) is 6.73. The molecule has 27 heavy (non-hydrogen) atoms. The maximum atomic E-state index is 12.7. The smallest absolute Gasteiger partial charge is 0.310 e. The summed E-state index contributed by atoms with van der Waals surface area (Å²) in [5.74, 6) is -0.804. The Morgan fingerprint density at radius 1 is 1.30 bits per heavy atom. The van der Waals surface area contributed by atoms with E-state index < -0.39 is 0 Å². The first kappa shape index (κ1) is 20.4. The summed E-state index contributed by atoms with van der Waals surface area (Å²) in [4.78, 5) is 30.2. The van der Waals surface area contributed by atoms with E-state index in [4.69, 9.17) is 4.74 Å². The maximum Gasteiger partial charge on any atom is 0.310 e. The standard InChI is InChI=1S/C21H27N3O3/c1-17-5-7-19(8-6-17)9-10-20(25)24(15-18(2)21(26)27-3)13-4-12-23-14-11-22-16-23/h5-11,14,16,18H,4,12-13,15H2,1-3H3/b10-9+. The lowest BCUT2D eigenvalue weighted by molar-refractivity contribution is -0.146. The number of rotatable bonds is 9. The quantitative estimate of drug-likeness (QED) is 0.504. The van der Waals surface area contributed by atoms with Crippen LogP contribution >= 0.6 is 0 Å². The highest BCUT2D eigenvalue weighted by Crippen LogP contribution is 2.08. The van der Waals surface area contributed by atoms with Gasteiger partial charge in [0.2, 0.25) is 5.91 Å². The Kier molecular flexibility index (Phi) is 7.79. The van der Waals surface area contributed by atoms with Gasteiger partial charge in [0, 0.05) is 38.1 Å². The van der Waals surface area contributed by atoms with Gasteiger partial charge in [0.05, 0.1) is 19.4 Å². The number of imidazole rings is 1. The molecule has 2 aromatic rings. The zero-order valence-electron chi connectivity index (χ0n) is 16.2. The molecule has 1 aromatic heterocycles. The Bertz CT molecular complexity index is 751. The number of hydrogen-bond acceptors (Lipinski definition) is 4. The highest BCUT2D eigenvalue weighted by Gasteiger charge is 2.20. The molecular weight excluding hydrogens is 342 g/mol. The molecule has 0 N–H and O–H groups in total. The van der Waals surface area contributed by atoms with E-state index in [0.717, 1.165) is 18.5 Å². The van der Waals surface area contributed by atoms with Crippen molar-refractivity contribution in [3.05, 3.63) is 60.2 Å². The van der Waals surface area contributed by atoms with Crippen molar-refractivity contribution < 1.29 is 14.3 Å². The van der Waals surface area contributed by atoms with E-state index in [-0.39, 0.29) is 17.8 Å². The van der Waals surface area contributed by atoms with E-state index in [9.17, 15) is 9.59 Å². The van der Waals surface area contributed by atoms with Crippen molar-refractivity contribution in [1.29, 1.82) is 0 Å². The summed E-state index contributed by atoms with van der Waals surface area (Å²) < 4.78 is 6.76. The van der Waals surface area contributed by atoms with Crippen LogP contribution in [-0.4, -0.2) is 46.5 Å². The zero-order chi connectivity index (χ0) is 19.6. The number of benzene rings is 1. The second kappa shape index (κ2) is 10.3. The van der Waals surface area contributed by atoms with Crippen LogP contribution in [-0.2, 0) is 20.9 Å². The van der Waals surface area contributed by atoms with Crippen molar-refractivity contribution in [2.45, 2.75) is 26.8 Å². The second-order valence-electron chi connectivity index (χ2n) is 6.61. The number of ether oxygens (including phenoxy) is 1. The molecule has 1 unspecified atom stereocenters. The molecule has 1 aromatic carbocycles. The number of nitrogens with zero attached hydrogens (tertiary/aromatic N) is 3. The van der Waals surface area contributed by atoms with Crippen molar-refractivity contribution in [3.63, 3.8) is 0 Å². The predicted molar refractivity (Wildman–Crippen MR) is 105 cm³/mol. The molecule has 0 saturated heterocycles. The minimum absolute atomic E-state index is 0.114. The topological polar surface area (TPSA) is 64.4 Å². The molecule has 0 aliphatic carbocycles. The molecule has 1 heterocycles. The van der Waals surface area contributed by atoms with Gasteiger partial charge in [-0.1, -0.05) is 36.8 Å².